The van der Waals surface area contributed by atoms with Crippen LogP contribution in [0.4, 0.5) is 0 Å². The van der Waals surface area contributed by atoms with Gasteiger partial charge in [0.1, 0.15) is 0 Å². The molecule has 1 heterocycles. The summed E-state index contributed by atoms with van der Waals surface area (Å²) >= 11 is 0. The Morgan fingerprint density at radius 3 is 2.55 bits per heavy atom. The zero-order valence-corrected chi connectivity index (χ0v) is 13.0. The van der Waals surface area contributed by atoms with E-state index in [4.69, 9.17) is 0 Å². The zero-order chi connectivity index (χ0) is 15.6. The number of rotatable bonds is 4. The van der Waals surface area contributed by atoms with Gasteiger partial charge in [0.15, 0.2) is 0 Å². The zero-order valence-electron chi connectivity index (χ0n) is 12.2. The predicted octanol–water partition coefficient (Wildman–Crippen LogP) is 3.06. The van der Waals surface area contributed by atoms with Crippen LogP contribution in [0.15, 0.2) is 71.9 Å². The summed E-state index contributed by atoms with van der Waals surface area (Å²) in [4.78, 5) is 4.35. The maximum Gasteiger partial charge on any atom is 0.243 e. The van der Waals surface area contributed by atoms with Crippen LogP contribution in [0.3, 0.4) is 0 Å². The highest BCUT2D eigenvalue weighted by atomic mass is 32.2. The van der Waals surface area contributed by atoms with Crippen LogP contribution >= 0.6 is 0 Å². The van der Waals surface area contributed by atoms with Gasteiger partial charge in [-0.3, -0.25) is 4.98 Å². The number of pyridine rings is 1. The second kappa shape index (κ2) is 5.87. The summed E-state index contributed by atoms with van der Waals surface area (Å²) in [5.74, 6) is 0. The van der Waals surface area contributed by atoms with Gasteiger partial charge in [0, 0.05) is 36.8 Å². The van der Waals surface area contributed by atoms with E-state index in [9.17, 15) is 8.42 Å². The van der Waals surface area contributed by atoms with Gasteiger partial charge in [-0.1, -0.05) is 42.5 Å². The molecular weight excluding hydrogens is 296 g/mol. The van der Waals surface area contributed by atoms with Crippen LogP contribution in [0, 0.1) is 0 Å². The van der Waals surface area contributed by atoms with E-state index >= 15 is 0 Å². The fourth-order valence-corrected chi connectivity index (χ4v) is 3.78. The molecule has 0 aliphatic carbocycles. The molecule has 0 radical (unpaired) electrons. The SMILES string of the molecule is CN(Cc1ccccc1)S(=O)(=O)c1cccc2cnccc12. The first-order chi connectivity index (χ1) is 10.6. The molecule has 0 N–H and O–H groups in total. The molecular formula is C17H16N2O2S. The third-order valence-corrected chi connectivity index (χ3v) is 5.44. The van der Waals surface area contributed by atoms with Crippen molar-refractivity contribution in [3.05, 3.63) is 72.6 Å². The number of hydrogen-bond donors (Lipinski definition) is 0. The third kappa shape index (κ3) is 2.73. The molecule has 0 fully saturated rings. The second-order valence-corrected chi connectivity index (χ2v) is 7.11. The molecule has 0 bridgehead atoms. The van der Waals surface area contributed by atoms with Gasteiger partial charge in [-0.05, 0) is 17.7 Å². The number of benzene rings is 2. The Hall–Kier alpha value is -2.24. The Kier molecular flexibility index (Phi) is 3.92. The molecule has 0 atom stereocenters. The minimum atomic E-state index is -3.56. The van der Waals surface area contributed by atoms with Gasteiger partial charge in [-0.15, -0.1) is 0 Å². The number of sulfonamides is 1. The molecule has 112 valence electrons. The smallest absolute Gasteiger partial charge is 0.243 e. The van der Waals surface area contributed by atoms with Gasteiger partial charge in [0.25, 0.3) is 0 Å². The molecule has 3 rings (SSSR count). The van der Waals surface area contributed by atoms with Gasteiger partial charge in [-0.25, -0.2) is 8.42 Å². The van der Waals surface area contributed by atoms with Crippen LogP contribution < -0.4 is 0 Å². The van der Waals surface area contributed by atoms with E-state index in [1.165, 1.54) is 4.31 Å². The monoisotopic (exact) mass is 312 g/mol. The average molecular weight is 312 g/mol. The van der Waals surface area contributed by atoms with E-state index in [2.05, 4.69) is 4.98 Å². The first-order valence-corrected chi connectivity index (χ1v) is 8.36. The van der Waals surface area contributed by atoms with E-state index in [-0.39, 0.29) is 0 Å². The Labute approximate surface area is 130 Å². The van der Waals surface area contributed by atoms with E-state index in [1.807, 2.05) is 36.4 Å². The lowest BCUT2D eigenvalue weighted by Crippen LogP contribution is -2.26. The van der Waals surface area contributed by atoms with E-state index in [0.29, 0.717) is 16.8 Å². The number of nitrogens with zero attached hydrogens (tertiary/aromatic N) is 2. The standard InChI is InChI=1S/C17H16N2O2S/c1-19(13-14-6-3-2-4-7-14)22(20,21)17-9-5-8-15-12-18-11-10-16(15)17/h2-12H,13H2,1H3. The molecule has 0 amide bonds. The van der Waals surface area contributed by atoms with Crippen molar-refractivity contribution in [2.24, 2.45) is 0 Å². The summed E-state index contributed by atoms with van der Waals surface area (Å²) in [6, 6.07) is 16.5. The fourth-order valence-electron chi connectivity index (χ4n) is 2.41. The predicted molar refractivity (Wildman–Crippen MR) is 86.8 cm³/mol. The Balaban J connectivity index is 2.01. The molecule has 5 heteroatoms. The van der Waals surface area contributed by atoms with E-state index in [1.54, 1.807) is 37.6 Å². The summed E-state index contributed by atoms with van der Waals surface area (Å²) in [5.41, 5.74) is 0.954. The minimum absolute atomic E-state index is 0.311. The lowest BCUT2D eigenvalue weighted by atomic mass is 10.2. The second-order valence-electron chi connectivity index (χ2n) is 5.10. The van der Waals surface area contributed by atoms with Crippen LogP contribution in [0.2, 0.25) is 0 Å². The number of hydrogen-bond acceptors (Lipinski definition) is 3. The summed E-state index contributed by atoms with van der Waals surface area (Å²) in [6.45, 7) is 0.338. The normalized spacial score (nSPS) is 11.9. The minimum Gasteiger partial charge on any atom is -0.264 e. The molecule has 0 spiro atoms. The average Bonchev–Trinajstić information content (AvgIpc) is 2.55. The summed E-state index contributed by atoms with van der Waals surface area (Å²) in [7, 11) is -1.96. The molecule has 3 aromatic rings. The largest absolute Gasteiger partial charge is 0.264 e. The maximum atomic E-state index is 12.9. The van der Waals surface area contributed by atoms with E-state index in [0.717, 1.165) is 10.9 Å². The van der Waals surface area contributed by atoms with Crippen molar-refractivity contribution in [3.8, 4) is 0 Å². The van der Waals surface area contributed by atoms with Crippen molar-refractivity contribution in [3.63, 3.8) is 0 Å². The van der Waals surface area contributed by atoms with Crippen molar-refractivity contribution >= 4 is 20.8 Å². The van der Waals surface area contributed by atoms with Crippen molar-refractivity contribution in [2.75, 3.05) is 7.05 Å². The Morgan fingerprint density at radius 2 is 1.77 bits per heavy atom. The fraction of sp³-hybridized carbons (Fsp3) is 0.118. The van der Waals surface area contributed by atoms with Crippen molar-refractivity contribution < 1.29 is 8.42 Å². The van der Waals surface area contributed by atoms with Gasteiger partial charge in [0.05, 0.1) is 4.90 Å². The van der Waals surface area contributed by atoms with Crippen LogP contribution in [-0.4, -0.2) is 24.8 Å². The topological polar surface area (TPSA) is 50.3 Å². The number of fused-ring (bicyclic) bond motifs is 1. The molecule has 0 saturated carbocycles. The maximum absolute atomic E-state index is 12.9. The molecule has 2 aromatic carbocycles. The van der Waals surface area contributed by atoms with Crippen LogP contribution in [0.1, 0.15) is 5.56 Å². The quantitative estimate of drug-likeness (QED) is 0.744. The summed E-state index contributed by atoms with van der Waals surface area (Å²) in [6.07, 6.45) is 3.28. The molecule has 0 saturated heterocycles. The van der Waals surface area contributed by atoms with Crippen LogP contribution in [0.25, 0.3) is 10.8 Å². The van der Waals surface area contributed by atoms with Gasteiger partial charge >= 0.3 is 0 Å². The number of aromatic nitrogens is 1. The Bertz CT molecular complexity index is 887. The molecule has 1 aromatic heterocycles. The molecule has 0 aliphatic rings. The summed E-state index contributed by atoms with van der Waals surface area (Å²) in [5, 5.41) is 1.51. The summed E-state index contributed by atoms with van der Waals surface area (Å²) < 4.78 is 27.1. The van der Waals surface area contributed by atoms with Crippen molar-refractivity contribution in [1.82, 2.24) is 9.29 Å². The van der Waals surface area contributed by atoms with Crippen LogP contribution in [0.5, 0.6) is 0 Å². The van der Waals surface area contributed by atoms with Gasteiger partial charge in [-0.2, -0.15) is 4.31 Å². The highest BCUT2D eigenvalue weighted by molar-refractivity contribution is 7.89. The van der Waals surface area contributed by atoms with Crippen LogP contribution in [-0.2, 0) is 16.6 Å². The van der Waals surface area contributed by atoms with Crippen molar-refractivity contribution in [2.45, 2.75) is 11.4 Å². The first kappa shape index (κ1) is 14.7. The van der Waals surface area contributed by atoms with Crippen molar-refractivity contribution in [1.29, 1.82) is 0 Å². The lowest BCUT2D eigenvalue weighted by molar-refractivity contribution is 0.467. The third-order valence-electron chi connectivity index (χ3n) is 3.58. The lowest BCUT2D eigenvalue weighted by Gasteiger charge is -2.18. The molecule has 22 heavy (non-hydrogen) atoms. The van der Waals surface area contributed by atoms with E-state index < -0.39 is 10.0 Å². The first-order valence-electron chi connectivity index (χ1n) is 6.92. The molecule has 0 unspecified atom stereocenters. The Morgan fingerprint density at radius 1 is 1.00 bits per heavy atom. The molecule has 4 nitrogen and oxygen atoms in total. The molecule has 0 aliphatic heterocycles. The van der Waals surface area contributed by atoms with Gasteiger partial charge < -0.3 is 0 Å². The highest BCUT2D eigenvalue weighted by Crippen LogP contribution is 2.25. The van der Waals surface area contributed by atoms with Gasteiger partial charge in [0.2, 0.25) is 10.0 Å². The highest BCUT2D eigenvalue weighted by Gasteiger charge is 2.22.